The maximum absolute atomic E-state index is 12.8. The lowest BCUT2D eigenvalue weighted by molar-refractivity contribution is -0.137. The van der Waals surface area contributed by atoms with Gasteiger partial charge in [-0.05, 0) is 34.7 Å². The third-order valence-corrected chi connectivity index (χ3v) is 3.11. The van der Waals surface area contributed by atoms with Crippen LogP contribution < -0.4 is 0 Å². The highest BCUT2D eigenvalue weighted by Gasteiger charge is 2.37. The SMILES string of the molecule is CC1C=Nc2c(cc(I)cc2C(F)(F)F)C1=O. The van der Waals surface area contributed by atoms with Crippen molar-refractivity contribution in [1.82, 2.24) is 0 Å². The first-order valence-electron chi connectivity index (χ1n) is 4.80. The third kappa shape index (κ3) is 2.22. The Morgan fingerprint density at radius 3 is 2.59 bits per heavy atom. The molecule has 0 aliphatic carbocycles. The normalized spacial score (nSPS) is 19.4. The summed E-state index contributed by atoms with van der Waals surface area (Å²) in [5, 5.41) is 0. The molecule has 0 radical (unpaired) electrons. The summed E-state index contributed by atoms with van der Waals surface area (Å²) < 4.78 is 38.8. The molecule has 0 amide bonds. The zero-order chi connectivity index (χ0) is 12.8. The molecule has 1 aromatic carbocycles. The summed E-state index contributed by atoms with van der Waals surface area (Å²) in [7, 11) is 0. The number of carbonyl (C=O) groups is 1. The summed E-state index contributed by atoms with van der Waals surface area (Å²) in [5.41, 5.74) is -1.06. The van der Waals surface area contributed by atoms with Crippen LogP contribution in [0.15, 0.2) is 17.1 Å². The van der Waals surface area contributed by atoms with Crippen molar-refractivity contribution in [2.75, 3.05) is 0 Å². The maximum atomic E-state index is 12.8. The molecule has 0 aromatic heterocycles. The number of nitrogens with zero attached hydrogens (tertiary/aromatic N) is 1. The van der Waals surface area contributed by atoms with Crippen molar-refractivity contribution in [3.63, 3.8) is 0 Å². The molecule has 1 aliphatic rings. The average Bonchev–Trinajstić information content (AvgIpc) is 2.22. The Balaban J connectivity index is 2.72. The van der Waals surface area contributed by atoms with Crippen molar-refractivity contribution in [3.8, 4) is 0 Å². The van der Waals surface area contributed by atoms with Crippen molar-refractivity contribution in [1.29, 1.82) is 0 Å². The van der Waals surface area contributed by atoms with Crippen LogP contribution in [0.25, 0.3) is 0 Å². The molecule has 0 saturated carbocycles. The first-order chi connectivity index (χ1) is 7.80. The predicted molar refractivity (Wildman–Crippen MR) is 65.8 cm³/mol. The summed E-state index contributed by atoms with van der Waals surface area (Å²) in [6.07, 6.45) is -3.24. The molecule has 90 valence electrons. The van der Waals surface area contributed by atoms with Crippen LogP contribution in [0, 0.1) is 9.49 Å². The van der Waals surface area contributed by atoms with Gasteiger partial charge in [-0.3, -0.25) is 9.79 Å². The average molecular weight is 353 g/mol. The zero-order valence-corrected chi connectivity index (χ0v) is 10.8. The molecule has 2 nitrogen and oxygen atoms in total. The largest absolute Gasteiger partial charge is 0.418 e. The lowest BCUT2D eigenvalue weighted by atomic mass is 9.94. The van der Waals surface area contributed by atoms with Gasteiger partial charge in [-0.15, -0.1) is 0 Å². The molecule has 6 heteroatoms. The first kappa shape index (κ1) is 12.5. The quantitative estimate of drug-likeness (QED) is 0.652. The van der Waals surface area contributed by atoms with Crippen molar-refractivity contribution in [2.24, 2.45) is 10.9 Å². The van der Waals surface area contributed by atoms with Crippen molar-refractivity contribution < 1.29 is 18.0 Å². The molecule has 1 aliphatic heterocycles. The number of aliphatic imine (C=N–C) groups is 1. The minimum Gasteiger partial charge on any atom is -0.293 e. The number of hydrogen-bond acceptors (Lipinski definition) is 2. The number of rotatable bonds is 0. The minimum atomic E-state index is -4.50. The van der Waals surface area contributed by atoms with Crippen LogP contribution in [-0.4, -0.2) is 12.0 Å². The van der Waals surface area contributed by atoms with Gasteiger partial charge in [-0.1, -0.05) is 6.92 Å². The number of hydrogen-bond donors (Lipinski definition) is 0. The van der Waals surface area contributed by atoms with Gasteiger partial charge in [0.05, 0.1) is 17.2 Å². The number of halogens is 4. The molecule has 0 saturated heterocycles. The fourth-order valence-corrected chi connectivity index (χ4v) is 2.26. The molecule has 0 fully saturated rings. The van der Waals surface area contributed by atoms with E-state index in [4.69, 9.17) is 0 Å². The molecular weight excluding hydrogens is 346 g/mol. The predicted octanol–water partition coefficient (Wildman–Crippen LogP) is 3.84. The molecular formula is C11H7F3INO. The Bertz CT molecular complexity index is 522. The van der Waals surface area contributed by atoms with Gasteiger partial charge in [-0.25, -0.2) is 0 Å². The van der Waals surface area contributed by atoms with E-state index in [0.717, 1.165) is 6.07 Å². The summed E-state index contributed by atoms with van der Waals surface area (Å²) in [6, 6.07) is 2.44. The Morgan fingerprint density at radius 2 is 2.00 bits per heavy atom. The van der Waals surface area contributed by atoms with Crippen molar-refractivity contribution in [3.05, 3.63) is 26.8 Å². The van der Waals surface area contributed by atoms with E-state index in [1.165, 1.54) is 12.3 Å². The van der Waals surface area contributed by atoms with Crippen LogP contribution in [0.4, 0.5) is 18.9 Å². The number of benzene rings is 1. The Hall–Kier alpha value is -0.920. The molecule has 0 N–H and O–H groups in total. The molecule has 0 spiro atoms. The number of carbonyl (C=O) groups excluding carboxylic acids is 1. The lowest BCUT2D eigenvalue weighted by Gasteiger charge is -2.18. The van der Waals surface area contributed by atoms with Crippen molar-refractivity contribution >= 4 is 40.3 Å². The zero-order valence-electron chi connectivity index (χ0n) is 8.68. The van der Waals surface area contributed by atoms with Gasteiger partial charge in [-0.2, -0.15) is 13.2 Å². The van der Waals surface area contributed by atoms with E-state index in [2.05, 4.69) is 4.99 Å². The first-order valence-corrected chi connectivity index (χ1v) is 5.87. The van der Waals surface area contributed by atoms with Gasteiger partial charge in [0, 0.05) is 15.3 Å². The smallest absolute Gasteiger partial charge is 0.293 e. The number of ketones is 1. The van der Waals surface area contributed by atoms with Gasteiger partial charge in [0.1, 0.15) is 0 Å². The minimum absolute atomic E-state index is 0.0548. The van der Waals surface area contributed by atoms with Crippen LogP contribution in [0.1, 0.15) is 22.8 Å². The monoisotopic (exact) mass is 353 g/mol. The lowest BCUT2D eigenvalue weighted by Crippen LogP contribution is -2.19. The standard InChI is InChI=1S/C11H7F3INO/c1-5-4-16-9-7(10(5)17)2-6(15)3-8(9)11(12,13)14/h2-5H,1H3. The van der Waals surface area contributed by atoms with Gasteiger partial charge >= 0.3 is 6.18 Å². The second-order valence-electron chi connectivity index (χ2n) is 3.78. The van der Waals surface area contributed by atoms with Crippen LogP contribution >= 0.6 is 22.6 Å². The molecule has 2 rings (SSSR count). The van der Waals surface area contributed by atoms with E-state index in [1.54, 1.807) is 29.5 Å². The highest BCUT2D eigenvalue weighted by Crippen LogP contribution is 2.41. The van der Waals surface area contributed by atoms with Gasteiger partial charge < -0.3 is 0 Å². The van der Waals surface area contributed by atoms with Crippen molar-refractivity contribution in [2.45, 2.75) is 13.1 Å². The van der Waals surface area contributed by atoms with Crippen LogP contribution in [0.5, 0.6) is 0 Å². The van der Waals surface area contributed by atoms with E-state index in [9.17, 15) is 18.0 Å². The van der Waals surface area contributed by atoms with E-state index in [-0.39, 0.29) is 17.0 Å². The van der Waals surface area contributed by atoms with Crippen LogP contribution in [0.3, 0.4) is 0 Å². The molecule has 17 heavy (non-hydrogen) atoms. The fraction of sp³-hybridized carbons (Fsp3) is 0.273. The number of alkyl halides is 3. The molecule has 1 atom stereocenters. The Morgan fingerprint density at radius 1 is 1.35 bits per heavy atom. The van der Waals surface area contributed by atoms with E-state index in [0.29, 0.717) is 3.57 Å². The summed E-state index contributed by atoms with van der Waals surface area (Å²) in [5.74, 6) is -0.791. The third-order valence-electron chi connectivity index (χ3n) is 2.49. The topological polar surface area (TPSA) is 29.4 Å². The number of Topliss-reactive ketones (excluding diaryl/α,β-unsaturated/α-hetero) is 1. The van der Waals surface area contributed by atoms with E-state index >= 15 is 0 Å². The summed E-state index contributed by atoms with van der Waals surface area (Å²) >= 11 is 1.76. The fourth-order valence-electron chi connectivity index (χ4n) is 1.64. The van der Waals surface area contributed by atoms with Gasteiger partial charge in [0.15, 0.2) is 5.78 Å². The molecule has 0 bridgehead atoms. The molecule has 1 unspecified atom stereocenters. The van der Waals surface area contributed by atoms with E-state index in [1.807, 2.05) is 0 Å². The highest BCUT2D eigenvalue weighted by atomic mass is 127. The summed E-state index contributed by atoms with van der Waals surface area (Å²) in [4.78, 5) is 15.5. The highest BCUT2D eigenvalue weighted by molar-refractivity contribution is 14.1. The van der Waals surface area contributed by atoms with Crippen LogP contribution in [-0.2, 0) is 6.18 Å². The van der Waals surface area contributed by atoms with E-state index < -0.39 is 17.7 Å². The Kier molecular flexibility index (Phi) is 3.01. The Labute approximate surface area is 109 Å². The van der Waals surface area contributed by atoms with Crippen LogP contribution in [0.2, 0.25) is 0 Å². The van der Waals surface area contributed by atoms with Gasteiger partial charge in [0.25, 0.3) is 0 Å². The molecule has 1 heterocycles. The maximum Gasteiger partial charge on any atom is 0.418 e. The second kappa shape index (κ2) is 4.08. The number of fused-ring (bicyclic) bond motifs is 1. The second-order valence-corrected chi connectivity index (χ2v) is 5.02. The van der Waals surface area contributed by atoms with Gasteiger partial charge in [0.2, 0.25) is 0 Å². The summed E-state index contributed by atoms with van der Waals surface area (Å²) in [6.45, 7) is 1.61. The molecule has 1 aromatic rings.